The van der Waals surface area contributed by atoms with Crippen molar-refractivity contribution < 1.29 is 4.42 Å². The predicted octanol–water partition coefficient (Wildman–Crippen LogP) is 3.99. The molecular formula is C16H22IN3O. The topological polar surface area (TPSA) is 63.5 Å². The third-order valence-electron chi connectivity index (χ3n) is 3.05. The maximum atomic E-state index is 5.88. The Morgan fingerprint density at radius 1 is 1.29 bits per heavy atom. The molecule has 21 heavy (non-hydrogen) atoms. The van der Waals surface area contributed by atoms with Crippen LogP contribution in [-0.2, 0) is 6.42 Å². The highest BCUT2D eigenvalue weighted by Crippen LogP contribution is 2.18. The van der Waals surface area contributed by atoms with Crippen LogP contribution in [0.15, 0.2) is 52.1 Å². The second-order valence-electron chi connectivity index (χ2n) is 5.00. The van der Waals surface area contributed by atoms with Crippen LogP contribution in [0.25, 0.3) is 0 Å². The van der Waals surface area contributed by atoms with Gasteiger partial charge in [0.05, 0.1) is 6.26 Å². The van der Waals surface area contributed by atoms with E-state index in [9.17, 15) is 0 Å². The van der Waals surface area contributed by atoms with Gasteiger partial charge >= 0.3 is 0 Å². The van der Waals surface area contributed by atoms with Crippen LogP contribution < -0.4 is 11.1 Å². The summed E-state index contributed by atoms with van der Waals surface area (Å²) in [5.74, 6) is 1.84. The molecule has 0 spiro atoms. The third-order valence-corrected chi connectivity index (χ3v) is 3.05. The number of aliphatic imine (C=N–C) groups is 1. The lowest BCUT2D eigenvalue weighted by Crippen LogP contribution is -2.23. The summed E-state index contributed by atoms with van der Waals surface area (Å²) in [5, 5.41) is 3.11. The van der Waals surface area contributed by atoms with E-state index in [1.54, 1.807) is 6.26 Å². The lowest BCUT2D eigenvalue weighted by molar-refractivity contribution is 0.511. The maximum Gasteiger partial charge on any atom is 0.193 e. The zero-order chi connectivity index (χ0) is 14.4. The molecule has 0 amide bonds. The smallest absolute Gasteiger partial charge is 0.193 e. The van der Waals surface area contributed by atoms with Crippen molar-refractivity contribution >= 4 is 35.6 Å². The number of anilines is 1. The Morgan fingerprint density at radius 3 is 2.76 bits per heavy atom. The minimum Gasteiger partial charge on any atom is -0.469 e. The Hall–Kier alpha value is -1.50. The van der Waals surface area contributed by atoms with Gasteiger partial charge in [-0.15, -0.1) is 24.0 Å². The summed E-state index contributed by atoms with van der Waals surface area (Å²) < 4.78 is 5.25. The fourth-order valence-corrected chi connectivity index (χ4v) is 1.90. The zero-order valence-corrected chi connectivity index (χ0v) is 14.7. The van der Waals surface area contributed by atoms with Crippen molar-refractivity contribution in [1.29, 1.82) is 0 Å². The molecule has 0 fully saturated rings. The highest BCUT2D eigenvalue weighted by atomic mass is 127. The lowest BCUT2D eigenvalue weighted by atomic mass is 10.0. The van der Waals surface area contributed by atoms with Gasteiger partial charge in [-0.1, -0.05) is 26.0 Å². The summed E-state index contributed by atoms with van der Waals surface area (Å²) in [6.45, 7) is 4.94. The number of hydrogen-bond acceptors (Lipinski definition) is 2. The molecule has 0 aliphatic rings. The molecule has 5 heteroatoms. The summed E-state index contributed by atoms with van der Waals surface area (Å²) in [7, 11) is 0. The van der Waals surface area contributed by atoms with E-state index >= 15 is 0 Å². The molecule has 2 rings (SSSR count). The summed E-state index contributed by atoms with van der Waals surface area (Å²) >= 11 is 0. The molecule has 0 aliphatic heterocycles. The van der Waals surface area contributed by atoms with Gasteiger partial charge in [-0.05, 0) is 35.7 Å². The summed E-state index contributed by atoms with van der Waals surface area (Å²) in [6.07, 6.45) is 2.42. The fraction of sp³-hybridized carbons (Fsp3) is 0.312. The normalized spacial score (nSPS) is 11.3. The molecular weight excluding hydrogens is 377 g/mol. The van der Waals surface area contributed by atoms with Gasteiger partial charge in [0.2, 0.25) is 0 Å². The first-order valence-electron chi connectivity index (χ1n) is 6.84. The van der Waals surface area contributed by atoms with Gasteiger partial charge in [0.15, 0.2) is 5.96 Å². The second kappa shape index (κ2) is 8.71. The van der Waals surface area contributed by atoms with Crippen LogP contribution in [0.5, 0.6) is 0 Å². The van der Waals surface area contributed by atoms with Crippen molar-refractivity contribution in [2.24, 2.45) is 10.7 Å². The van der Waals surface area contributed by atoms with Gasteiger partial charge in [-0.3, -0.25) is 4.99 Å². The van der Waals surface area contributed by atoms with Gasteiger partial charge in [0.1, 0.15) is 5.76 Å². The molecule has 1 aromatic carbocycles. The van der Waals surface area contributed by atoms with E-state index in [1.165, 1.54) is 5.56 Å². The average Bonchev–Trinajstić information content (AvgIpc) is 2.92. The van der Waals surface area contributed by atoms with Gasteiger partial charge < -0.3 is 15.5 Å². The monoisotopic (exact) mass is 399 g/mol. The van der Waals surface area contributed by atoms with E-state index in [4.69, 9.17) is 10.2 Å². The standard InChI is InChI=1S/C16H21N3O.HI/c1-12(2)13-5-3-6-14(11-13)19-16(17)18-9-8-15-7-4-10-20-15;/h3-7,10-12H,8-9H2,1-2H3,(H3,17,18,19);1H. The first-order chi connectivity index (χ1) is 9.65. The van der Waals surface area contributed by atoms with Crippen LogP contribution in [0.4, 0.5) is 5.69 Å². The molecule has 0 saturated carbocycles. The Bertz CT molecular complexity index is 565. The molecule has 0 saturated heterocycles. The lowest BCUT2D eigenvalue weighted by Gasteiger charge is -2.09. The Morgan fingerprint density at radius 2 is 2.10 bits per heavy atom. The number of rotatable bonds is 5. The minimum atomic E-state index is 0. The zero-order valence-electron chi connectivity index (χ0n) is 12.4. The van der Waals surface area contributed by atoms with E-state index in [1.807, 2.05) is 24.3 Å². The van der Waals surface area contributed by atoms with Gasteiger partial charge in [-0.25, -0.2) is 0 Å². The van der Waals surface area contributed by atoms with Gasteiger partial charge in [-0.2, -0.15) is 0 Å². The number of nitrogens with one attached hydrogen (secondary N) is 1. The largest absolute Gasteiger partial charge is 0.469 e. The van der Waals surface area contributed by atoms with Crippen molar-refractivity contribution in [2.45, 2.75) is 26.2 Å². The highest BCUT2D eigenvalue weighted by molar-refractivity contribution is 14.0. The molecule has 2 aromatic rings. The number of halogens is 1. The number of furan rings is 1. The molecule has 3 N–H and O–H groups in total. The van der Waals surface area contributed by atoms with Gasteiger partial charge in [0.25, 0.3) is 0 Å². The van der Waals surface area contributed by atoms with Crippen molar-refractivity contribution in [3.8, 4) is 0 Å². The van der Waals surface area contributed by atoms with Crippen LogP contribution in [0.2, 0.25) is 0 Å². The van der Waals surface area contributed by atoms with Crippen molar-refractivity contribution in [3.05, 3.63) is 54.0 Å². The summed E-state index contributed by atoms with van der Waals surface area (Å²) in [4.78, 5) is 4.29. The molecule has 1 heterocycles. The molecule has 0 aliphatic carbocycles. The van der Waals surface area contributed by atoms with Crippen molar-refractivity contribution in [3.63, 3.8) is 0 Å². The van der Waals surface area contributed by atoms with Crippen LogP contribution in [-0.4, -0.2) is 12.5 Å². The van der Waals surface area contributed by atoms with Gasteiger partial charge in [0, 0.05) is 18.7 Å². The average molecular weight is 399 g/mol. The second-order valence-corrected chi connectivity index (χ2v) is 5.00. The Labute approximate surface area is 142 Å². The molecule has 0 bridgehead atoms. The van der Waals surface area contributed by atoms with Crippen molar-refractivity contribution in [1.82, 2.24) is 0 Å². The number of benzene rings is 1. The highest BCUT2D eigenvalue weighted by Gasteiger charge is 2.01. The Balaban J connectivity index is 0.00000220. The SMILES string of the molecule is CC(C)c1cccc(NC(N)=NCCc2ccco2)c1.I. The third kappa shape index (κ3) is 5.79. The first kappa shape index (κ1) is 17.6. The van der Waals surface area contributed by atoms with E-state index < -0.39 is 0 Å². The van der Waals surface area contributed by atoms with E-state index in [2.05, 4.69) is 36.3 Å². The number of nitrogens with zero attached hydrogens (tertiary/aromatic N) is 1. The molecule has 0 unspecified atom stereocenters. The summed E-state index contributed by atoms with van der Waals surface area (Å²) in [5.41, 5.74) is 8.12. The first-order valence-corrected chi connectivity index (χ1v) is 6.84. The van der Waals surface area contributed by atoms with Crippen molar-refractivity contribution in [2.75, 3.05) is 11.9 Å². The number of nitrogens with two attached hydrogens (primary N) is 1. The summed E-state index contributed by atoms with van der Waals surface area (Å²) in [6, 6.07) is 12.0. The number of hydrogen-bond donors (Lipinski definition) is 2. The quantitative estimate of drug-likeness (QED) is 0.454. The maximum absolute atomic E-state index is 5.88. The van der Waals surface area contributed by atoms with E-state index in [0.717, 1.165) is 17.9 Å². The van der Waals surface area contributed by atoms with Crippen LogP contribution in [0.3, 0.4) is 0 Å². The van der Waals surface area contributed by atoms with E-state index in [0.29, 0.717) is 18.4 Å². The molecule has 1 aromatic heterocycles. The van der Waals surface area contributed by atoms with E-state index in [-0.39, 0.29) is 24.0 Å². The van der Waals surface area contributed by atoms with Crippen LogP contribution in [0.1, 0.15) is 31.1 Å². The molecule has 0 radical (unpaired) electrons. The van der Waals surface area contributed by atoms with Crippen LogP contribution in [0, 0.1) is 0 Å². The number of guanidine groups is 1. The van der Waals surface area contributed by atoms with Crippen LogP contribution >= 0.6 is 24.0 Å². The fourth-order valence-electron chi connectivity index (χ4n) is 1.90. The molecule has 0 atom stereocenters. The predicted molar refractivity (Wildman–Crippen MR) is 98.5 cm³/mol. The molecule has 114 valence electrons. The minimum absolute atomic E-state index is 0. The Kier molecular flexibility index (Phi) is 7.28. The molecule has 4 nitrogen and oxygen atoms in total.